The van der Waals surface area contributed by atoms with E-state index in [1.165, 1.54) is 45.6 Å². The maximum Gasteiger partial charge on any atom is 0.0192 e. The predicted octanol–water partition coefficient (Wildman–Crippen LogP) is 1.01. The van der Waals surface area contributed by atoms with Crippen LogP contribution in [0.25, 0.3) is 0 Å². The van der Waals surface area contributed by atoms with E-state index in [0.29, 0.717) is 6.04 Å². The smallest absolute Gasteiger partial charge is 0.0192 e. The van der Waals surface area contributed by atoms with E-state index in [0.717, 1.165) is 6.54 Å². The molecule has 0 aliphatic carbocycles. The van der Waals surface area contributed by atoms with Crippen LogP contribution >= 0.6 is 0 Å². The Morgan fingerprint density at radius 3 is 2.60 bits per heavy atom. The van der Waals surface area contributed by atoms with E-state index in [1.54, 1.807) is 0 Å². The van der Waals surface area contributed by atoms with Crippen LogP contribution in [0.15, 0.2) is 0 Å². The molecule has 1 N–H and O–H groups in total. The van der Waals surface area contributed by atoms with Crippen LogP contribution in [0.3, 0.4) is 0 Å². The molecule has 1 aliphatic rings. The van der Waals surface area contributed by atoms with Gasteiger partial charge in [0.25, 0.3) is 0 Å². The molecule has 0 amide bonds. The lowest BCUT2D eigenvalue weighted by Crippen LogP contribution is -2.42. The molecule has 0 bridgehead atoms. The minimum absolute atomic E-state index is 0.679. The topological polar surface area (TPSA) is 18.5 Å². The van der Waals surface area contributed by atoms with E-state index in [-0.39, 0.29) is 0 Å². The van der Waals surface area contributed by atoms with E-state index in [9.17, 15) is 0 Å². The summed E-state index contributed by atoms with van der Waals surface area (Å²) in [6.07, 6.45) is 2.55. The fourth-order valence-corrected chi connectivity index (χ4v) is 2.22. The third-order valence-electron chi connectivity index (χ3n) is 3.28. The molecule has 1 saturated heterocycles. The van der Waals surface area contributed by atoms with Crippen molar-refractivity contribution in [3.8, 4) is 0 Å². The quantitative estimate of drug-likeness (QED) is 0.735. The lowest BCUT2D eigenvalue weighted by molar-refractivity contribution is 0.244. The standard InChI is InChI=1S/C12H27N3/c1-4-12(13-5-2)11-15-8-6-7-14(3)9-10-15/h12-13H,4-11H2,1-3H3. The first-order chi connectivity index (χ1) is 7.26. The van der Waals surface area contributed by atoms with Crippen LogP contribution in [0.2, 0.25) is 0 Å². The number of rotatable bonds is 5. The van der Waals surface area contributed by atoms with Gasteiger partial charge >= 0.3 is 0 Å². The largest absolute Gasteiger partial charge is 0.313 e. The van der Waals surface area contributed by atoms with Gasteiger partial charge in [-0.3, -0.25) is 0 Å². The molecule has 0 spiro atoms. The molecule has 3 nitrogen and oxygen atoms in total. The van der Waals surface area contributed by atoms with Crippen LogP contribution in [-0.2, 0) is 0 Å². The van der Waals surface area contributed by atoms with E-state index in [1.807, 2.05) is 0 Å². The summed E-state index contributed by atoms with van der Waals surface area (Å²) in [6.45, 7) is 11.8. The lowest BCUT2D eigenvalue weighted by Gasteiger charge is -2.26. The summed E-state index contributed by atoms with van der Waals surface area (Å²) in [5.41, 5.74) is 0. The zero-order valence-electron chi connectivity index (χ0n) is 10.6. The number of hydrogen-bond acceptors (Lipinski definition) is 3. The van der Waals surface area contributed by atoms with E-state index in [4.69, 9.17) is 0 Å². The minimum Gasteiger partial charge on any atom is -0.313 e. The highest BCUT2D eigenvalue weighted by Gasteiger charge is 2.15. The number of nitrogens with zero attached hydrogens (tertiary/aromatic N) is 2. The highest BCUT2D eigenvalue weighted by atomic mass is 15.2. The summed E-state index contributed by atoms with van der Waals surface area (Å²) < 4.78 is 0. The van der Waals surface area contributed by atoms with Gasteiger partial charge < -0.3 is 15.1 Å². The highest BCUT2D eigenvalue weighted by molar-refractivity contribution is 4.73. The molecule has 1 heterocycles. The average Bonchev–Trinajstić information content (AvgIpc) is 2.43. The molecule has 90 valence electrons. The second-order valence-corrected chi connectivity index (χ2v) is 4.62. The molecule has 3 heteroatoms. The monoisotopic (exact) mass is 213 g/mol. The molecule has 1 rings (SSSR count). The summed E-state index contributed by atoms with van der Waals surface area (Å²) in [5, 5.41) is 3.56. The summed E-state index contributed by atoms with van der Waals surface area (Å²) in [4.78, 5) is 5.05. The third-order valence-corrected chi connectivity index (χ3v) is 3.28. The predicted molar refractivity (Wildman–Crippen MR) is 66.3 cm³/mol. The summed E-state index contributed by atoms with van der Waals surface area (Å²) >= 11 is 0. The first-order valence-electron chi connectivity index (χ1n) is 6.40. The van der Waals surface area contributed by atoms with Crippen LogP contribution in [-0.4, -0.2) is 62.2 Å². The second kappa shape index (κ2) is 7.20. The van der Waals surface area contributed by atoms with E-state index >= 15 is 0 Å². The maximum atomic E-state index is 3.56. The molecule has 0 radical (unpaired) electrons. The van der Waals surface area contributed by atoms with Crippen molar-refractivity contribution in [3.05, 3.63) is 0 Å². The van der Waals surface area contributed by atoms with Crippen molar-refractivity contribution in [3.63, 3.8) is 0 Å². The van der Waals surface area contributed by atoms with Gasteiger partial charge in [-0.15, -0.1) is 0 Å². The second-order valence-electron chi connectivity index (χ2n) is 4.62. The van der Waals surface area contributed by atoms with Crippen LogP contribution in [0.4, 0.5) is 0 Å². The van der Waals surface area contributed by atoms with Crippen molar-refractivity contribution in [2.75, 3.05) is 46.3 Å². The normalized spacial score (nSPS) is 22.6. The van der Waals surface area contributed by atoms with Gasteiger partial charge in [-0.05, 0) is 39.5 Å². The molecule has 1 unspecified atom stereocenters. The van der Waals surface area contributed by atoms with Crippen LogP contribution < -0.4 is 5.32 Å². The van der Waals surface area contributed by atoms with Gasteiger partial charge in [0, 0.05) is 25.7 Å². The molecule has 0 aromatic heterocycles. The summed E-state index contributed by atoms with van der Waals surface area (Å²) in [7, 11) is 2.23. The number of nitrogens with one attached hydrogen (secondary N) is 1. The van der Waals surface area contributed by atoms with Gasteiger partial charge in [-0.25, -0.2) is 0 Å². The van der Waals surface area contributed by atoms with Crippen molar-refractivity contribution in [2.45, 2.75) is 32.7 Å². The zero-order valence-corrected chi connectivity index (χ0v) is 10.6. The Labute approximate surface area is 94.8 Å². The van der Waals surface area contributed by atoms with Gasteiger partial charge in [0.1, 0.15) is 0 Å². The fraction of sp³-hybridized carbons (Fsp3) is 1.00. The van der Waals surface area contributed by atoms with Crippen LogP contribution in [0.5, 0.6) is 0 Å². The molecule has 0 saturated carbocycles. The van der Waals surface area contributed by atoms with Gasteiger partial charge in [-0.2, -0.15) is 0 Å². The Bertz CT molecular complexity index is 161. The minimum atomic E-state index is 0.679. The number of hydrogen-bond donors (Lipinski definition) is 1. The van der Waals surface area contributed by atoms with Crippen molar-refractivity contribution in [2.24, 2.45) is 0 Å². The third kappa shape index (κ3) is 4.96. The Morgan fingerprint density at radius 2 is 1.93 bits per heavy atom. The maximum absolute atomic E-state index is 3.56. The molecule has 15 heavy (non-hydrogen) atoms. The number of likely N-dealkylation sites (N-methyl/N-ethyl adjacent to an activating group) is 2. The van der Waals surface area contributed by atoms with Crippen LogP contribution in [0, 0.1) is 0 Å². The lowest BCUT2D eigenvalue weighted by atomic mass is 10.2. The van der Waals surface area contributed by atoms with Crippen LogP contribution in [0.1, 0.15) is 26.7 Å². The zero-order chi connectivity index (χ0) is 11.1. The Morgan fingerprint density at radius 1 is 1.13 bits per heavy atom. The molecule has 0 aromatic carbocycles. The Hall–Kier alpha value is -0.120. The molecule has 1 aliphatic heterocycles. The van der Waals surface area contributed by atoms with E-state index in [2.05, 4.69) is 36.0 Å². The molecular formula is C12H27N3. The van der Waals surface area contributed by atoms with Gasteiger partial charge in [0.05, 0.1) is 0 Å². The first-order valence-corrected chi connectivity index (χ1v) is 6.40. The first kappa shape index (κ1) is 12.9. The van der Waals surface area contributed by atoms with Gasteiger partial charge in [0.2, 0.25) is 0 Å². The van der Waals surface area contributed by atoms with Gasteiger partial charge in [-0.1, -0.05) is 13.8 Å². The van der Waals surface area contributed by atoms with Crippen molar-refractivity contribution in [1.29, 1.82) is 0 Å². The SMILES string of the molecule is CCNC(CC)CN1CCCN(C)CC1. The summed E-state index contributed by atoms with van der Waals surface area (Å²) in [5.74, 6) is 0. The fourth-order valence-electron chi connectivity index (χ4n) is 2.22. The van der Waals surface area contributed by atoms with Crippen molar-refractivity contribution >= 4 is 0 Å². The van der Waals surface area contributed by atoms with Crippen molar-refractivity contribution < 1.29 is 0 Å². The highest BCUT2D eigenvalue weighted by Crippen LogP contribution is 2.03. The Kier molecular flexibility index (Phi) is 6.22. The molecule has 1 atom stereocenters. The molecular weight excluding hydrogens is 186 g/mol. The molecule has 1 fully saturated rings. The summed E-state index contributed by atoms with van der Waals surface area (Å²) in [6, 6.07) is 0.679. The molecule has 0 aromatic rings. The Balaban J connectivity index is 2.29. The van der Waals surface area contributed by atoms with Gasteiger partial charge in [0.15, 0.2) is 0 Å². The van der Waals surface area contributed by atoms with Crippen molar-refractivity contribution in [1.82, 2.24) is 15.1 Å². The average molecular weight is 213 g/mol. The van der Waals surface area contributed by atoms with E-state index < -0.39 is 0 Å².